The Morgan fingerprint density at radius 1 is 0.967 bits per heavy atom. The molecule has 1 amide bonds. The van der Waals surface area contributed by atoms with Crippen LogP contribution in [0, 0.1) is 0 Å². The van der Waals surface area contributed by atoms with Crippen molar-refractivity contribution < 1.29 is 4.79 Å². The number of pyridine rings is 1. The van der Waals surface area contributed by atoms with Gasteiger partial charge in [-0.1, -0.05) is 30.3 Å². The lowest BCUT2D eigenvalue weighted by Gasteiger charge is -2.35. The van der Waals surface area contributed by atoms with Gasteiger partial charge in [0.2, 0.25) is 0 Å². The predicted molar refractivity (Wildman–Crippen MR) is 118 cm³/mol. The molecule has 1 aliphatic rings. The first-order valence-electron chi connectivity index (χ1n) is 9.72. The summed E-state index contributed by atoms with van der Waals surface area (Å²) in [5.74, 6) is 0.664. The van der Waals surface area contributed by atoms with Crippen molar-refractivity contribution in [2.75, 3.05) is 31.1 Å². The SMILES string of the molecule is O=C(c1ccc(-c2ccccc2)[nH]c1=O)N1CCN(c2ncnc3sccc23)CC1. The van der Waals surface area contributed by atoms with Crippen LogP contribution in [0.3, 0.4) is 0 Å². The summed E-state index contributed by atoms with van der Waals surface area (Å²) in [4.78, 5) is 42.0. The Balaban J connectivity index is 1.31. The van der Waals surface area contributed by atoms with E-state index in [1.807, 2.05) is 41.8 Å². The zero-order valence-electron chi connectivity index (χ0n) is 16.1. The fourth-order valence-electron chi connectivity index (χ4n) is 3.75. The summed E-state index contributed by atoms with van der Waals surface area (Å²) >= 11 is 1.59. The van der Waals surface area contributed by atoms with Crippen LogP contribution >= 0.6 is 11.3 Å². The lowest BCUT2D eigenvalue weighted by Crippen LogP contribution is -2.49. The van der Waals surface area contributed by atoms with Gasteiger partial charge in [-0.2, -0.15) is 0 Å². The fourth-order valence-corrected chi connectivity index (χ4v) is 4.48. The second-order valence-corrected chi connectivity index (χ2v) is 7.99. The van der Waals surface area contributed by atoms with Crippen LogP contribution in [0.15, 0.2) is 65.0 Å². The Bertz CT molecular complexity index is 1260. The van der Waals surface area contributed by atoms with Crippen LogP contribution < -0.4 is 10.5 Å². The highest BCUT2D eigenvalue weighted by atomic mass is 32.1. The van der Waals surface area contributed by atoms with Crippen molar-refractivity contribution in [1.82, 2.24) is 19.9 Å². The number of nitrogens with zero attached hydrogens (tertiary/aromatic N) is 4. The predicted octanol–water partition coefficient (Wildman–Crippen LogP) is 3.01. The van der Waals surface area contributed by atoms with Gasteiger partial charge in [0.1, 0.15) is 22.5 Å². The molecule has 0 saturated carbocycles. The van der Waals surface area contributed by atoms with Gasteiger partial charge in [-0.3, -0.25) is 9.59 Å². The molecule has 1 saturated heterocycles. The van der Waals surface area contributed by atoms with Crippen LogP contribution in [0.4, 0.5) is 5.82 Å². The molecule has 1 fully saturated rings. The van der Waals surface area contributed by atoms with Crippen molar-refractivity contribution in [3.8, 4) is 11.3 Å². The minimum absolute atomic E-state index is 0.172. The van der Waals surface area contributed by atoms with E-state index in [1.54, 1.807) is 34.7 Å². The number of carbonyl (C=O) groups excluding carboxylic acids is 1. The average Bonchev–Trinajstić information content (AvgIpc) is 3.28. The molecule has 3 aromatic heterocycles. The van der Waals surface area contributed by atoms with Crippen molar-refractivity contribution in [2.24, 2.45) is 0 Å². The van der Waals surface area contributed by atoms with Gasteiger partial charge in [-0.15, -0.1) is 11.3 Å². The number of thiophene rings is 1. The summed E-state index contributed by atoms with van der Waals surface area (Å²) in [7, 11) is 0. The Kier molecular flexibility index (Phi) is 4.76. The second-order valence-electron chi connectivity index (χ2n) is 7.10. The highest BCUT2D eigenvalue weighted by molar-refractivity contribution is 7.16. The molecule has 0 unspecified atom stereocenters. The third-order valence-electron chi connectivity index (χ3n) is 5.33. The van der Waals surface area contributed by atoms with Crippen LogP contribution in [-0.4, -0.2) is 51.9 Å². The number of fused-ring (bicyclic) bond motifs is 1. The number of carbonyl (C=O) groups is 1. The minimum atomic E-state index is -0.362. The van der Waals surface area contributed by atoms with Crippen LogP contribution in [0.5, 0.6) is 0 Å². The third kappa shape index (κ3) is 3.35. The van der Waals surface area contributed by atoms with Gasteiger partial charge in [0.05, 0.1) is 5.39 Å². The van der Waals surface area contributed by atoms with E-state index in [2.05, 4.69) is 19.9 Å². The highest BCUT2D eigenvalue weighted by Crippen LogP contribution is 2.27. The van der Waals surface area contributed by atoms with Crippen LogP contribution in [0.25, 0.3) is 21.5 Å². The van der Waals surface area contributed by atoms with E-state index < -0.39 is 0 Å². The number of anilines is 1. The topological polar surface area (TPSA) is 82.2 Å². The lowest BCUT2D eigenvalue weighted by molar-refractivity contribution is 0.0745. The van der Waals surface area contributed by atoms with E-state index in [4.69, 9.17) is 0 Å². The maximum Gasteiger partial charge on any atom is 0.261 e. The summed E-state index contributed by atoms with van der Waals surface area (Å²) < 4.78 is 0. The van der Waals surface area contributed by atoms with Crippen molar-refractivity contribution in [3.63, 3.8) is 0 Å². The molecule has 1 aromatic carbocycles. The Morgan fingerprint density at radius 2 is 1.77 bits per heavy atom. The van der Waals surface area contributed by atoms with Crippen molar-refractivity contribution in [3.05, 3.63) is 76.2 Å². The number of rotatable bonds is 3. The molecule has 7 nitrogen and oxygen atoms in total. The normalized spacial score (nSPS) is 14.3. The summed E-state index contributed by atoms with van der Waals surface area (Å²) in [6.45, 7) is 2.39. The van der Waals surface area contributed by atoms with Crippen molar-refractivity contribution in [1.29, 1.82) is 0 Å². The van der Waals surface area contributed by atoms with E-state index in [1.165, 1.54) is 0 Å². The summed E-state index contributed by atoms with van der Waals surface area (Å²) in [5, 5.41) is 3.05. The molecule has 1 N–H and O–H groups in total. The van der Waals surface area contributed by atoms with Gasteiger partial charge in [0, 0.05) is 31.9 Å². The van der Waals surface area contributed by atoms with Crippen LogP contribution in [0.2, 0.25) is 0 Å². The summed E-state index contributed by atoms with van der Waals surface area (Å²) in [6, 6.07) is 15.0. The quantitative estimate of drug-likeness (QED) is 0.554. The van der Waals surface area contributed by atoms with Gasteiger partial charge < -0.3 is 14.8 Å². The average molecular weight is 417 g/mol. The van der Waals surface area contributed by atoms with E-state index >= 15 is 0 Å². The fraction of sp³-hybridized carbons (Fsp3) is 0.182. The van der Waals surface area contributed by atoms with Crippen molar-refractivity contribution in [2.45, 2.75) is 0 Å². The molecular weight excluding hydrogens is 398 g/mol. The number of aromatic amines is 1. The molecule has 5 rings (SSSR count). The molecule has 0 bridgehead atoms. The first-order chi connectivity index (χ1) is 14.7. The van der Waals surface area contributed by atoms with Gasteiger partial charge in [-0.05, 0) is 29.1 Å². The van der Waals surface area contributed by atoms with E-state index in [0.717, 1.165) is 21.6 Å². The number of H-pyrrole nitrogens is 1. The lowest BCUT2D eigenvalue weighted by atomic mass is 10.1. The third-order valence-corrected chi connectivity index (χ3v) is 6.15. The number of benzene rings is 1. The molecule has 30 heavy (non-hydrogen) atoms. The Morgan fingerprint density at radius 3 is 2.53 bits per heavy atom. The standard InChI is InChI=1S/C22H19N5O2S/c28-20-17(6-7-18(25-20)15-4-2-1-3-5-15)22(29)27-11-9-26(10-12-27)19-16-8-13-30-21(16)24-14-23-19/h1-8,13-14H,9-12H2,(H,25,28). The van der Waals surface area contributed by atoms with Gasteiger partial charge in [0.15, 0.2) is 0 Å². The minimum Gasteiger partial charge on any atom is -0.352 e. The largest absolute Gasteiger partial charge is 0.352 e. The van der Waals surface area contributed by atoms with Gasteiger partial charge in [0.25, 0.3) is 11.5 Å². The van der Waals surface area contributed by atoms with Crippen LogP contribution in [0.1, 0.15) is 10.4 Å². The van der Waals surface area contributed by atoms with Crippen LogP contribution in [-0.2, 0) is 0 Å². The van der Waals surface area contributed by atoms with E-state index in [9.17, 15) is 9.59 Å². The maximum atomic E-state index is 12.9. The number of hydrogen-bond acceptors (Lipinski definition) is 6. The molecule has 150 valence electrons. The number of piperazine rings is 1. The monoisotopic (exact) mass is 417 g/mol. The van der Waals surface area contributed by atoms with E-state index in [-0.39, 0.29) is 17.0 Å². The first kappa shape index (κ1) is 18.5. The van der Waals surface area contributed by atoms with E-state index in [0.29, 0.717) is 31.9 Å². The first-order valence-corrected chi connectivity index (χ1v) is 10.6. The molecule has 4 heterocycles. The van der Waals surface area contributed by atoms with Gasteiger partial charge in [-0.25, -0.2) is 9.97 Å². The molecule has 0 radical (unpaired) electrons. The smallest absolute Gasteiger partial charge is 0.261 e. The molecule has 1 aliphatic heterocycles. The number of nitrogens with one attached hydrogen (secondary N) is 1. The number of hydrogen-bond donors (Lipinski definition) is 1. The molecular formula is C22H19N5O2S. The zero-order chi connectivity index (χ0) is 20.5. The number of amides is 1. The summed E-state index contributed by atoms with van der Waals surface area (Å²) in [6.07, 6.45) is 1.58. The highest BCUT2D eigenvalue weighted by Gasteiger charge is 2.25. The Hall–Kier alpha value is -3.52. The summed E-state index contributed by atoms with van der Waals surface area (Å²) in [5.41, 5.74) is 1.42. The van der Waals surface area contributed by atoms with Crippen molar-refractivity contribution >= 4 is 33.3 Å². The molecule has 4 aromatic rings. The molecule has 0 spiro atoms. The molecule has 8 heteroatoms. The van der Waals surface area contributed by atoms with Gasteiger partial charge >= 0.3 is 0 Å². The maximum absolute atomic E-state index is 12.9. The molecule has 0 aliphatic carbocycles. The molecule has 0 atom stereocenters. The second kappa shape index (κ2) is 7.72. The Labute approximate surface area is 176 Å². The zero-order valence-corrected chi connectivity index (χ0v) is 16.9. The number of aromatic nitrogens is 3.